The van der Waals surface area contributed by atoms with Gasteiger partial charge in [0.1, 0.15) is 5.78 Å². The summed E-state index contributed by atoms with van der Waals surface area (Å²) in [6.07, 6.45) is 0.755. The van der Waals surface area contributed by atoms with E-state index in [0.717, 1.165) is 19.6 Å². The van der Waals surface area contributed by atoms with Gasteiger partial charge in [0, 0.05) is 37.9 Å². The Kier molecular flexibility index (Phi) is 4.75. The van der Waals surface area contributed by atoms with Crippen molar-refractivity contribution in [2.24, 2.45) is 11.8 Å². The molecular weight excluding hydrogens is 314 g/mol. The molecule has 1 aliphatic carbocycles. The second kappa shape index (κ2) is 6.39. The molecule has 132 valence electrons. The summed E-state index contributed by atoms with van der Waals surface area (Å²) in [5.41, 5.74) is 1.33. The van der Waals surface area contributed by atoms with Gasteiger partial charge >= 0.3 is 0 Å². The molecule has 3 atom stereocenters. The predicted molar refractivity (Wildman–Crippen MR) is 100 cm³/mol. The van der Waals surface area contributed by atoms with Crippen LogP contribution in [0.2, 0.25) is 18.1 Å². The Morgan fingerprint density at radius 3 is 2.46 bits per heavy atom. The molecule has 0 unspecified atom stereocenters. The van der Waals surface area contributed by atoms with Crippen molar-refractivity contribution in [3.8, 4) is 0 Å². The molecule has 0 spiro atoms. The zero-order chi connectivity index (χ0) is 17.5. The van der Waals surface area contributed by atoms with Crippen LogP contribution in [0.25, 0.3) is 0 Å². The number of fused-ring (bicyclic) bond motifs is 1. The third kappa shape index (κ3) is 3.51. The number of nitrogens with zero attached hydrogens (tertiary/aromatic N) is 1. The summed E-state index contributed by atoms with van der Waals surface area (Å²) in [7, 11) is -1.83. The van der Waals surface area contributed by atoms with Crippen LogP contribution in [0.15, 0.2) is 30.3 Å². The fraction of sp³-hybridized carbons (Fsp3) is 0.650. The van der Waals surface area contributed by atoms with Crippen LogP contribution in [-0.2, 0) is 15.8 Å². The number of carbonyl (C=O) groups is 1. The van der Waals surface area contributed by atoms with E-state index in [0.29, 0.717) is 18.1 Å². The number of hydrogen-bond acceptors (Lipinski definition) is 3. The molecule has 1 saturated carbocycles. The highest BCUT2D eigenvalue weighted by Crippen LogP contribution is 2.43. The summed E-state index contributed by atoms with van der Waals surface area (Å²) < 4.78 is 6.64. The van der Waals surface area contributed by atoms with Gasteiger partial charge in [-0.15, -0.1) is 0 Å². The van der Waals surface area contributed by atoms with Crippen LogP contribution in [0.1, 0.15) is 32.8 Å². The monoisotopic (exact) mass is 345 g/mol. The highest BCUT2D eigenvalue weighted by molar-refractivity contribution is 6.74. The Bertz CT molecular complexity index is 593. The van der Waals surface area contributed by atoms with Crippen LogP contribution in [0, 0.1) is 11.8 Å². The van der Waals surface area contributed by atoms with E-state index in [4.69, 9.17) is 4.43 Å². The lowest BCUT2D eigenvalue weighted by molar-refractivity contribution is -0.121. The number of rotatable bonds is 4. The molecule has 2 aliphatic rings. The first-order chi connectivity index (χ1) is 11.2. The van der Waals surface area contributed by atoms with E-state index in [1.807, 2.05) is 0 Å². The lowest BCUT2D eigenvalue weighted by Crippen LogP contribution is -2.45. The van der Waals surface area contributed by atoms with Gasteiger partial charge in [0.05, 0.1) is 6.10 Å². The first kappa shape index (κ1) is 17.8. The number of Topliss-reactive ketones (excluding diaryl/α,β-unsaturated/α-hetero) is 1. The van der Waals surface area contributed by atoms with Crippen molar-refractivity contribution < 1.29 is 9.22 Å². The average molecular weight is 346 g/mol. The van der Waals surface area contributed by atoms with Gasteiger partial charge in [-0.1, -0.05) is 51.1 Å². The molecular formula is C20H31NO2Si. The van der Waals surface area contributed by atoms with Crippen molar-refractivity contribution in [1.29, 1.82) is 0 Å². The third-order valence-corrected chi connectivity index (χ3v) is 10.7. The van der Waals surface area contributed by atoms with Gasteiger partial charge in [-0.3, -0.25) is 9.69 Å². The van der Waals surface area contributed by atoms with Crippen LogP contribution in [-0.4, -0.2) is 38.2 Å². The van der Waals surface area contributed by atoms with Crippen LogP contribution < -0.4 is 0 Å². The zero-order valence-corrected chi connectivity index (χ0v) is 16.7. The highest BCUT2D eigenvalue weighted by atomic mass is 28.4. The first-order valence-corrected chi connectivity index (χ1v) is 12.0. The average Bonchev–Trinajstić information content (AvgIpc) is 3.00. The third-order valence-electron chi connectivity index (χ3n) is 6.24. The molecule has 4 heteroatoms. The van der Waals surface area contributed by atoms with Gasteiger partial charge in [-0.05, 0) is 23.7 Å². The van der Waals surface area contributed by atoms with Crippen molar-refractivity contribution in [3.05, 3.63) is 35.9 Å². The van der Waals surface area contributed by atoms with Crippen LogP contribution >= 0.6 is 0 Å². The topological polar surface area (TPSA) is 29.5 Å². The molecule has 0 amide bonds. The molecule has 1 aromatic rings. The van der Waals surface area contributed by atoms with Crippen molar-refractivity contribution in [3.63, 3.8) is 0 Å². The molecule has 1 aliphatic heterocycles. The number of likely N-dealkylation sites (tertiary alicyclic amines) is 1. The van der Waals surface area contributed by atoms with Gasteiger partial charge in [-0.25, -0.2) is 0 Å². The normalized spacial score (nSPS) is 28.4. The van der Waals surface area contributed by atoms with Crippen LogP contribution in [0.5, 0.6) is 0 Å². The minimum atomic E-state index is -1.83. The summed E-state index contributed by atoms with van der Waals surface area (Å²) in [6, 6.07) is 10.6. The maximum absolute atomic E-state index is 12.5. The number of hydrogen-bond donors (Lipinski definition) is 0. The summed E-state index contributed by atoms with van der Waals surface area (Å²) >= 11 is 0. The molecule has 24 heavy (non-hydrogen) atoms. The molecule has 1 aromatic carbocycles. The summed E-state index contributed by atoms with van der Waals surface area (Å²) in [5.74, 6) is 0.984. The molecule has 2 fully saturated rings. The predicted octanol–water partition coefficient (Wildman–Crippen LogP) is 4.10. The van der Waals surface area contributed by atoms with E-state index >= 15 is 0 Å². The fourth-order valence-corrected chi connectivity index (χ4v) is 5.16. The van der Waals surface area contributed by atoms with E-state index in [2.05, 4.69) is 69.1 Å². The van der Waals surface area contributed by atoms with Gasteiger partial charge in [-0.2, -0.15) is 0 Å². The minimum absolute atomic E-state index is 0.129. The molecule has 3 rings (SSSR count). The molecule has 0 bridgehead atoms. The number of benzene rings is 1. The van der Waals surface area contributed by atoms with Crippen molar-refractivity contribution in [1.82, 2.24) is 4.90 Å². The van der Waals surface area contributed by atoms with Crippen LogP contribution in [0.3, 0.4) is 0 Å². The lowest BCUT2D eigenvalue weighted by Gasteiger charge is -2.39. The molecule has 0 N–H and O–H groups in total. The van der Waals surface area contributed by atoms with Gasteiger partial charge in [0.15, 0.2) is 8.32 Å². The Labute approximate surface area is 147 Å². The maximum atomic E-state index is 12.5. The summed E-state index contributed by atoms with van der Waals surface area (Å²) in [4.78, 5) is 14.9. The van der Waals surface area contributed by atoms with Crippen LogP contribution in [0.4, 0.5) is 0 Å². The largest absolute Gasteiger partial charge is 0.413 e. The lowest BCUT2D eigenvalue weighted by atomic mass is 9.99. The molecule has 1 heterocycles. The molecule has 3 nitrogen and oxygen atoms in total. The SMILES string of the molecule is CC(C)(C)[Si](C)(C)O[C@H]1CC(=O)[C@@H]2CN(Cc3ccccc3)C[C@@H]12. The second-order valence-corrected chi connectivity index (χ2v) is 13.8. The minimum Gasteiger partial charge on any atom is -0.413 e. The fourth-order valence-electron chi connectivity index (χ4n) is 3.79. The second-order valence-electron chi connectivity index (χ2n) is 9.04. The Balaban J connectivity index is 1.67. The van der Waals surface area contributed by atoms with Crippen molar-refractivity contribution in [2.45, 2.75) is 58.0 Å². The summed E-state index contributed by atoms with van der Waals surface area (Å²) in [6.45, 7) is 14.2. The molecule has 0 radical (unpaired) electrons. The Morgan fingerprint density at radius 1 is 1.17 bits per heavy atom. The number of carbonyl (C=O) groups excluding carboxylic acids is 1. The molecule has 0 aromatic heterocycles. The van der Waals surface area contributed by atoms with E-state index in [-0.39, 0.29) is 17.1 Å². The first-order valence-electron chi connectivity index (χ1n) is 9.14. The zero-order valence-electron chi connectivity index (χ0n) is 15.7. The van der Waals surface area contributed by atoms with Gasteiger partial charge in [0.25, 0.3) is 0 Å². The van der Waals surface area contributed by atoms with Crippen molar-refractivity contribution >= 4 is 14.1 Å². The van der Waals surface area contributed by atoms with E-state index < -0.39 is 8.32 Å². The Hall–Kier alpha value is -0.973. The smallest absolute Gasteiger partial charge is 0.192 e. The number of ketones is 1. The van der Waals surface area contributed by atoms with E-state index in [1.54, 1.807) is 0 Å². The summed E-state index contributed by atoms with van der Waals surface area (Å²) in [5, 5.41) is 0.191. The van der Waals surface area contributed by atoms with E-state index in [9.17, 15) is 4.79 Å². The quantitative estimate of drug-likeness (QED) is 0.770. The maximum Gasteiger partial charge on any atom is 0.192 e. The van der Waals surface area contributed by atoms with Crippen molar-refractivity contribution in [2.75, 3.05) is 13.1 Å². The highest BCUT2D eigenvalue weighted by Gasteiger charge is 2.51. The van der Waals surface area contributed by atoms with Gasteiger partial charge < -0.3 is 4.43 Å². The molecule has 1 saturated heterocycles. The van der Waals surface area contributed by atoms with E-state index in [1.165, 1.54) is 5.56 Å². The van der Waals surface area contributed by atoms with Gasteiger partial charge in [0.2, 0.25) is 0 Å². The standard InChI is InChI=1S/C20H31NO2Si/c1-20(2,3)24(4,5)23-19-11-18(22)16-13-21(14-17(16)19)12-15-9-7-6-8-10-15/h6-10,16-17,19H,11-14H2,1-5H3/t16-,17-,19+/m1/s1. The Morgan fingerprint density at radius 2 is 1.83 bits per heavy atom.